The molecule has 1 fully saturated rings. The number of carbonyl (C=O) groups excluding carboxylic acids is 3. The van der Waals surface area contributed by atoms with Crippen LogP contribution in [0.2, 0.25) is 5.02 Å². The Morgan fingerprint density at radius 1 is 0.904 bits per heavy atom. The van der Waals surface area contributed by atoms with Crippen LogP contribution in [-0.2, 0) is 16.1 Å². The lowest BCUT2D eigenvalue weighted by atomic mass is 9.98. The fraction of sp³-hybridized carbons (Fsp3) is 0.286. The number of fused-ring (bicyclic) bond motifs is 2. The van der Waals surface area contributed by atoms with Gasteiger partial charge in [-0.05, 0) is 104 Å². The molecule has 0 radical (unpaired) electrons. The van der Waals surface area contributed by atoms with E-state index >= 15 is 0 Å². The summed E-state index contributed by atoms with van der Waals surface area (Å²) in [5.41, 5.74) is 11.0. The molecule has 17 heteroatoms. The lowest BCUT2D eigenvalue weighted by Gasteiger charge is -2.35. The van der Waals surface area contributed by atoms with Gasteiger partial charge in [-0.2, -0.15) is 5.10 Å². The minimum absolute atomic E-state index is 0.0126. The van der Waals surface area contributed by atoms with E-state index in [4.69, 9.17) is 36.9 Å². The van der Waals surface area contributed by atoms with Gasteiger partial charge >= 0.3 is 6.09 Å². The molecular formula is C56H57ClN10O6. The van der Waals surface area contributed by atoms with E-state index in [1.165, 1.54) is 6.33 Å². The van der Waals surface area contributed by atoms with E-state index in [1.54, 1.807) is 44.7 Å². The monoisotopic (exact) mass is 1000 g/mol. The molecular weight excluding hydrogens is 944 g/mol. The molecule has 2 atom stereocenters. The largest absolute Gasteiger partial charge is 0.457 e. The molecule has 4 heterocycles. The summed E-state index contributed by atoms with van der Waals surface area (Å²) in [6.07, 6.45) is 2.57. The highest BCUT2D eigenvalue weighted by Gasteiger charge is 2.33. The van der Waals surface area contributed by atoms with Gasteiger partial charge in [0.15, 0.2) is 5.65 Å². The van der Waals surface area contributed by atoms with Gasteiger partial charge in [0.1, 0.15) is 41.8 Å². The molecule has 0 unspecified atom stereocenters. The van der Waals surface area contributed by atoms with Gasteiger partial charge in [-0.3, -0.25) is 19.0 Å². The summed E-state index contributed by atoms with van der Waals surface area (Å²) in [5, 5.41) is 9.30. The zero-order valence-corrected chi connectivity index (χ0v) is 41.7. The molecule has 16 nitrogen and oxygen atoms in total. The van der Waals surface area contributed by atoms with Crippen LogP contribution in [0.5, 0.6) is 11.5 Å². The Hall–Kier alpha value is -8.11. The number of aromatic nitrogens is 6. The van der Waals surface area contributed by atoms with E-state index in [0.717, 1.165) is 35.3 Å². The third-order valence-electron chi connectivity index (χ3n) is 13.0. The summed E-state index contributed by atoms with van der Waals surface area (Å²) in [4.78, 5) is 73.1. The number of piperidine rings is 1. The van der Waals surface area contributed by atoms with Crippen molar-refractivity contribution in [1.29, 1.82) is 0 Å². The van der Waals surface area contributed by atoms with Crippen molar-refractivity contribution < 1.29 is 23.9 Å². The molecule has 3 aromatic heterocycles. The lowest BCUT2D eigenvalue weighted by Crippen LogP contribution is -2.43. The number of ether oxygens (including phenoxy) is 2. The first kappa shape index (κ1) is 49.9. The summed E-state index contributed by atoms with van der Waals surface area (Å²) >= 11 is 6.43. The number of alkyl carbamates (subject to hydrolysis) is 1. The second-order valence-electron chi connectivity index (χ2n) is 18.6. The van der Waals surface area contributed by atoms with Gasteiger partial charge in [-0.25, -0.2) is 24.4 Å². The normalized spacial score (nSPS) is 14.0. The number of para-hydroxylation sites is 1. The van der Waals surface area contributed by atoms with Gasteiger partial charge in [0.25, 0.3) is 11.5 Å². The Bertz CT molecular complexity index is 3300. The summed E-state index contributed by atoms with van der Waals surface area (Å²) in [6.45, 7) is 7.36. The number of hydrogen-bond donors (Lipinski definition) is 2. The Kier molecular flexibility index (Phi) is 15.4. The number of benzene rings is 5. The number of amides is 3. The smallest absolute Gasteiger partial charge is 0.407 e. The van der Waals surface area contributed by atoms with Crippen molar-refractivity contribution in [2.75, 3.05) is 38.5 Å². The number of aryl methyl sites for hydroxylation is 1. The summed E-state index contributed by atoms with van der Waals surface area (Å²) in [7, 11) is 0. The molecule has 3 amide bonds. The molecule has 0 spiro atoms. The molecule has 8 aromatic rings. The fourth-order valence-electron chi connectivity index (χ4n) is 9.40. The molecule has 1 aliphatic heterocycles. The highest BCUT2D eigenvalue weighted by atomic mass is 35.5. The van der Waals surface area contributed by atoms with E-state index < -0.39 is 12.1 Å². The zero-order chi connectivity index (χ0) is 51.0. The quantitative estimate of drug-likeness (QED) is 0.0825. The molecule has 0 saturated carbocycles. The number of nitrogen functional groups attached to an aromatic ring is 1. The minimum Gasteiger partial charge on any atom is -0.457 e. The number of hydrogen-bond acceptors (Lipinski definition) is 11. The van der Waals surface area contributed by atoms with Gasteiger partial charge in [0, 0.05) is 42.3 Å². The van der Waals surface area contributed by atoms with Crippen LogP contribution in [0.3, 0.4) is 0 Å². The van der Waals surface area contributed by atoms with Crippen LogP contribution >= 0.6 is 11.6 Å². The number of nitrogens with zero attached hydrogens (tertiary/aromatic N) is 8. The van der Waals surface area contributed by atoms with Gasteiger partial charge in [-0.1, -0.05) is 91.7 Å². The molecule has 0 bridgehead atoms. The number of nitrogens with two attached hydrogens (primary N) is 1. The average Bonchev–Trinajstić information content (AvgIpc) is 3.80. The zero-order valence-electron chi connectivity index (χ0n) is 41.0. The maximum Gasteiger partial charge on any atom is 0.407 e. The lowest BCUT2D eigenvalue weighted by molar-refractivity contribution is -0.133. The van der Waals surface area contributed by atoms with Crippen molar-refractivity contribution in [1.82, 2.24) is 44.4 Å². The Morgan fingerprint density at radius 2 is 1.63 bits per heavy atom. The molecule has 9 rings (SSSR count). The van der Waals surface area contributed by atoms with Crippen molar-refractivity contribution in [3.05, 3.63) is 172 Å². The van der Waals surface area contributed by atoms with Crippen molar-refractivity contribution in [3.8, 4) is 22.8 Å². The van der Waals surface area contributed by atoms with Crippen LogP contribution in [0, 0.1) is 12.8 Å². The second-order valence-corrected chi connectivity index (χ2v) is 19.0. The molecule has 1 aliphatic rings. The molecule has 1 saturated heterocycles. The topological polar surface area (TPSA) is 193 Å². The highest BCUT2D eigenvalue weighted by molar-refractivity contribution is 6.31. The van der Waals surface area contributed by atoms with Gasteiger partial charge in [0.05, 0.1) is 41.3 Å². The number of halogens is 1. The van der Waals surface area contributed by atoms with Crippen molar-refractivity contribution in [2.24, 2.45) is 5.92 Å². The molecule has 73 heavy (non-hydrogen) atoms. The van der Waals surface area contributed by atoms with Crippen molar-refractivity contribution >= 4 is 57.3 Å². The van der Waals surface area contributed by atoms with Gasteiger partial charge in [0.2, 0.25) is 5.91 Å². The van der Waals surface area contributed by atoms with E-state index in [1.807, 2.05) is 123 Å². The predicted octanol–water partition coefficient (Wildman–Crippen LogP) is 9.80. The number of likely N-dealkylation sites (tertiary alicyclic amines) is 1. The number of anilines is 1. The van der Waals surface area contributed by atoms with Crippen LogP contribution < -0.4 is 21.3 Å². The van der Waals surface area contributed by atoms with Crippen LogP contribution in [0.15, 0.2) is 139 Å². The first-order chi connectivity index (χ1) is 35.4. The summed E-state index contributed by atoms with van der Waals surface area (Å²) in [5.74, 6) is 1.53. The standard InChI is InChI=1S/C56H57ClN10O6/c1-36(2)50(53-62-46-32-41(57)23-26-45(46)55(70)66(53)33-38-12-6-4-7-13-38)65(54(69)40-19-17-37(3)18-20-40)30-11-28-59-56(71)72-31-27-47(68)64-29-10-14-42(34-64)67-52-48(51(58)60-35-61-52)49(63-67)39-21-24-44(25-22-39)73-43-15-8-5-9-16-43/h4-9,12-13,15-26,32,35-36,42,50H,10-11,14,27-31,33-34H2,1-3H3,(H,59,71)(H2,58,60,61)/t42-,50-/m1/s1. The first-order valence-corrected chi connectivity index (χ1v) is 24.9. The maximum absolute atomic E-state index is 14.6. The van der Waals surface area contributed by atoms with E-state index in [9.17, 15) is 19.2 Å². The minimum atomic E-state index is -0.682. The molecule has 0 aliphatic carbocycles. The van der Waals surface area contributed by atoms with Crippen LogP contribution in [-0.4, -0.2) is 89.8 Å². The Morgan fingerprint density at radius 3 is 2.37 bits per heavy atom. The van der Waals surface area contributed by atoms with E-state index in [0.29, 0.717) is 75.1 Å². The van der Waals surface area contributed by atoms with Gasteiger partial charge in [-0.15, -0.1) is 0 Å². The highest BCUT2D eigenvalue weighted by Crippen LogP contribution is 2.36. The average molecular weight is 1000 g/mol. The molecule has 374 valence electrons. The number of carbonyl (C=O) groups is 3. The SMILES string of the molecule is Cc1ccc(C(=O)N(CCCNC(=O)OCCC(=O)N2CCC[C@@H](n3nc(-c4ccc(Oc5ccccc5)cc4)c4c(N)ncnc43)C2)[C@@H](c2nc3cc(Cl)ccc3c(=O)n2Cc2ccccc2)C(C)C)cc1. The number of rotatable bonds is 17. The van der Waals surface area contributed by atoms with Crippen LogP contribution in [0.25, 0.3) is 33.2 Å². The van der Waals surface area contributed by atoms with E-state index in [-0.39, 0.29) is 62.0 Å². The van der Waals surface area contributed by atoms with Crippen molar-refractivity contribution in [3.63, 3.8) is 0 Å². The first-order valence-electron chi connectivity index (χ1n) is 24.5. The van der Waals surface area contributed by atoms with Crippen LogP contribution in [0.1, 0.15) is 78.9 Å². The summed E-state index contributed by atoms with van der Waals surface area (Å²) in [6, 6.07) is 38.3. The maximum atomic E-state index is 14.6. The van der Waals surface area contributed by atoms with Gasteiger partial charge < -0.3 is 30.3 Å². The Balaban J connectivity index is 0.840. The fourth-order valence-corrected chi connectivity index (χ4v) is 9.57. The predicted molar refractivity (Wildman–Crippen MR) is 281 cm³/mol. The van der Waals surface area contributed by atoms with Crippen LogP contribution in [0.4, 0.5) is 10.6 Å². The third kappa shape index (κ3) is 11.5. The third-order valence-corrected chi connectivity index (χ3v) is 13.3. The van der Waals surface area contributed by atoms with Crippen molar-refractivity contribution in [2.45, 2.75) is 65.1 Å². The molecule has 3 N–H and O–H groups in total. The molecule has 5 aromatic carbocycles. The summed E-state index contributed by atoms with van der Waals surface area (Å²) < 4.78 is 15.0. The Labute approximate surface area is 427 Å². The number of nitrogens with one attached hydrogen (secondary N) is 1. The van der Waals surface area contributed by atoms with E-state index in [2.05, 4.69) is 15.3 Å². The second kappa shape index (κ2) is 22.5.